The van der Waals surface area contributed by atoms with Gasteiger partial charge in [0.2, 0.25) is 0 Å². The number of hydrogen-bond donors (Lipinski definition) is 0. The molecule has 0 atom stereocenters. The van der Waals surface area contributed by atoms with E-state index in [9.17, 15) is 0 Å². The van der Waals surface area contributed by atoms with Crippen LogP contribution in [0.15, 0.2) is 176 Å². The van der Waals surface area contributed by atoms with E-state index in [-0.39, 0.29) is 0 Å². The van der Waals surface area contributed by atoms with E-state index in [2.05, 4.69) is 60.7 Å². The second-order valence-electron chi connectivity index (χ2n) is 9.65. The second-order valence-corrected chi connectivity index (χ2v) is 9.65. The van der Waals surface area contributed by atoms with Gasteiger partial charge in [-0.1, -0.05) is 133 Å². The van der Waals surface area contributed by atoms with Crippen LogP contribution in [-0.2, 0) is 0 Å². The molecule has 4 aromatic rings. The Bertz CT molecular complexity index is 1510. The SMILES string of the molecule is CC(/C=C\C(C)=C1N=C(c2ccccc2)C(c2ccccc2)=N1)=C1N=C(c2ccccc2)C(c2ccccc2)=N1. The lowest BCUT2D eigenvalue weighted by atomic mass is 10.0. The van der Waals surface area contributed by atoms with Crippen molar-refractivity contribution in [1.29, 1.82) is 0 Å². The molecular formula is C36H28N4. The van der Waals surface area contributed by atoms with Crippen molar-refractivity contribution in [1.82, 2.24) is 0 Å². The first-order valence-electron chi connectivity index (χ1n) is 13.3. The van der Waals surface area contributed by atoms with E-state index in [4.69, 9.17) is 20.0 Å². The van der Waals surface area contributed by atoms with Gasteiger partial charge in [-0.2, -0.15) is 0 Å². The number of hydrogen-bond acceptors (Lipinski definition) is 4. The first kappa shape index (κ1) is 25.1. The summed E-state index contributed by atoms with van der Waals surface area (Å²) in [5, 5.41) is 0. The molecule has 2 aliphatic heterocycles. The highest BCUT2D eigenvalue weighted by molar-refractivity contribution is 6.55. The molecule has 0 saturated heterocycles. The topological polar surface area (TPSA) is 49.4 Å². The maximum Gasteiger partial charge on any atom is 0.156 e. The molecule has 40 heavy (non-hydrogen) atoms. The van der Waals surface area contributed by atoms with E-state index in [0.29, 0.717) is 11.6 Å². The summed E-state index contributed by atoms with van der Waals surface area (Å²) in [6, 6.07) is 40.9. The molecule has 0 fully saturated rings. The number of allylic oxidation sites excluding steroid dienone is 4. The van der Waals surface area contributed by atoms with Crippen LogP contribution in [0, 0.1) is 0 Å². The molecule has 6 rings (SSSR count). The molecule has 0 bridgehead atoms. The fraction of sp³-hybridized carbons (Fsp3) is 0.0556. The lowest BCUT2D eigenvalue weighted by Crippen LogP contribution is -2.13. The molecule has 0 radical (unpaired) electrons. The number of benzene rings is 4. The highest BCUT2D eigenvalue weighted by Crippen LogP contribution is 2.25. The van der Waals surface area contributed by atoms with Crippen LogP contribution in [0.4, 0.5) is 0 Å². The van der Waals surface area contributed by atoms with Gasteiger partial charge in [0.1, 0.15) is 0 Å². The van der Waals surface area contributed by atoms with Crippen molar-refractivity contribution >= 4 is 22.8 Å². The highest BCUT2D eigenvalue weighted by atomic mass is 15.0. The van der Waals surface area contributed by atoms with Crippen LogP contribution in [0.5, 0.6) is 0 Å². The van der Waals surface area contributed by atoms with Crippen molar-refractivity contribution < 1.29 is 0 Å². The normalized spacial score (nSPS) is 14.7. The fourth-order valence-corrected chi connectivity index (χ4v) is 4.63. The molecule has 4 nitrogen and oxygen atoms in total. The summed E-state index contributed by atoms with van der Waals surface area (Å²) in [4.78, 5) is 19.9. The first-order chi connectivity index (χ1) is 19.7. The Labute approximate surface area is 234 Å². The Kier molecular flexibility index (Phi) is 7.06. The van der Waals surface area contributed by atoms with Gasteiger partial charge in [-0.05, 0) is 25.0 Å². The molecule has 0 amide bonds. The largest absolute Gasteiger partial charge is 0.226 e. The van der Waals surface area contributed by atoms with Crippen LogP contribution in [0.1, 0.15) is 36.1 Å². The van der Waals surface area contributed by atoms with E-state index in [0.717, 1.165) is 56.2 Å². The summed E-state index contributed by atoms with van der Waals surface area (Å²) in [5.74, 6) is 1.42. The average molecular weight is 517 g/mol. The first-order valence-corrected chi connectivity index (χ1v) is 13.3. The molecule has 0 saturated carbocycles. The molecule has 0 aromatic heterocycles. The predicted molar refractivity (Wildman–Crippen MR) is 166 cm³/mol. The van der Waals surface area contributed by atoms with Gasteiger partial charge in [-0.15, -0.1) is 0 Å². The van der Waals surface area contributed by atoms with Crippen molar-refractivity contribution in [2.45, 2.75) is 13.8 Å². The zero-order valence-corrected chi connectivity index (χ0v) is 22.5. The molecule has 4 heteroatoms. The maximum absolute atomic E-state index is 4.97. The number of nitrogens with zero attached hydrogens (tertiary/aromatic N) is 4. The van der Waals surface area contributed by atoms with Gasteiger partial charge in [0.05, 0.1) is 22.8 Å². The molecule has 2 heterocycles. The molecule has 0 aliphatic carbocycles. The maximum atomic E-state index is 4.97. The number of aliphatic imine (C=N–C) groups is 4. The molecule has 0 spiro atoms. The van der Waals surface area contributed by atoms with Crippen LogP contribution in [-0.4, -0.2) is 22.8 Å². The third-order valence-corrected chi connectivity index (χ3v) is 6.80. The summed E-state index contributed by atoms with van der Waals surface area (Å²) in [7, 11) is 0. The zero-order valence-electron chi connectivity index (χ0n) is 22.5. The van der Waals surface area contributed by atoms with Gasteiger partial charge < -0.3 is 0 Å². The summed E-state index contributed by atoms with van der Waals surface area (Å²) in [5.41, 5.74) is 9.67. The van der Waals surface area contributed by atoms with E-state index in [1.807, 2.05) is 86.6 Å². The van der Waals surface area contributed by atoms with Gasteiger partial charge in [0.25, 0.3) is 0 Å². The summed E-state index contributed by atoms with van der Waals surface area (Å²) >= 11 is 0. The van der Waals surface area contributed by atoms with Crippen LogP contribution in [0.3, 0.4) is 0 Å². The minimum Gasteiger partial charge on any atom is -0.226 e. The standard InChI is InChI=1S/C36H28N4/c1-25(35-37-31(27-15-7-3-8-16-27)32(38-35)28-17-9-4-10-18-28)23-24-26(2)36-39-33(29-19-11-5-12-20-29)34(40-36)30-21-13-6-14-22-30/h3-24H,1-2H3/b24-23-. The van der Waals surface area contributed by atoms with E-state index in [1.165, 1.54) is 0 Å². The van der Waals surface area contributed by atoms with Crippen molar-refractivity contribution in [3.8, 4) is 0 Å². The zero-order chi connectivity index (χ0) is 27.3. The third-order valence-electron chi connectivity index (χ3n) is 6.80. The van der Waals surface area contributed by atoms with Gasteiger partial charge in [-0.3, -0.25) is 0 Å². The minimum atomic E-state index is 0.708. The molecule has 0 N–H and O–H groups in total. The molecule has 192 valence electrons. The van der Waals surface area contributed by atoms with E-state index >= 15 is 0 Å². The molecular weight excluding hydrogens is 488 g/mol. The van der Waals surface area contributed by atoms with Gasteiger partial charge in [-0.25, -0.2) is 20.0 Å². The summed E-state index contributed by atoms with van der Waals surface area (Å²) in [6.45, 7) is 4.08. The van der Waals surface area contributed by atoms with Crippen LogP contribution in [0.25, 0.3) is 0 Å². The van der Waals surface area contributed by atoms with E-state index < -0.39 is 0 Å². The van der Waals surface area contributed by atoms with Crippen molar-refractivity contribution in [2.75, 3.05) is 0 Å². The smallest absolute Gasteiger partial charge is 0.156 e. The van der Waals surface area contributed by atoms with Gasteiger partial charge >= 0.3 is 0 Å². The lowest BCUT2D eigenvalue weighted by Gasteiger charge is -2.04. The number of rotatable bonds is 6. The Morgan fingerprint density at radius 2 is 0.600 bits per heavy atom. The summed E-state index contributed by atoms with van der Waals surface area (Å²) in [6.07, 6.45) is 4.10. The van der Waals surface area contributed by atoms with Gasteiger partial charge in [0.15, 0.2) is 11.6 Å². The minimum absolute atomic E-state index is 0.708. The second kappa shape index (κ2) is 11.3. The molecule has 0 unspecified atom stereocenters. The van der Waals surface area contributed by atoms with Gasteiger partial charge in [0, 0.05) is 22.3 Å². The Balaban J connectivity index is 1.37. The Hall–Kier alpha value is -5.22. The predicted octanol–water partition coefficient (Wildman–Crippen LogP) is 7.99. The third kappa shape index (κ3) is 5.20. The van der Waals surface area contributed by atoms with Crippen molar-refractivity contribution in [2.24, 2.45) is 20.0 Å². The van der Waals surface area contributed by atoms with Crippen molar-refractivity contribution in [3.05, 3.63) is 179 Å². The van der Waals surface area contributed by atoms with Crippen molar-refractivity contribution in [3.63, 3.8) is 0 Å². The quantitative estimate of drug-likeness (QED) is 0.249. The highest BCUT2D eigenvalue weighted by Gasteiger charge is 2.23. The monoisotopic (exact) mass is 516 g/mol. The van der Waals surface area contributed by atoms with Crippen LogP contribution in [0.2, 0.25) is 0 Å². The Morgan fingerprint density at radius 3 is 0.825 bits per heavy atom. The van der Waals surface area contributed by atoms with Crippen LogP contribution >= 0.6 is 0 Å². The average Bonchev–Trinajstić information content (AvgIpc) is 3.68. The van der Waals surface area contributed by atoms with Crippen LogP contribution < -0.4 is 0 Å². The molecule has 2 aliphatic rings. The Morgan fingerprint density at radius 1 is 0.375 bits per heavy atom. The molecule has 4 aromatic carbocycles. The lowest BCUT2D eigenvalue weighted by molar-refractivity contribution is 1.19. The summed E-state index contributed by atoms with van der Waals surface area (Å²) < 4.78 is 0. The fourth-order valence-electron chi connectivity index (χ4n) is 4.63. The van der Waals surface area contributed by atoms with E-state index in [1.54, 1.807) is 0 Å².